The molecule has 1 aliphatic rings. The zero-order valence-electron chi connectivity index (χ0n) is 19.4. The lowest BCUT2D eigenvalue weighted by Crippen LogP contribution is -2.46. The molecule has 0 bridgehead atoms. The van der Waals surface area contributed by atoms with E-state index >= 15 is 0 Å². The Balaban J connectivity index is 1.47. The highest BCUT2D eigenvalue weighted by Gasteiger charge is 2.33. The Morgan fingerprint density at radius 3 is 2.31 bits per heavy atom. The molecule has 2 heterocycles. The molecule has 6 nitrogen and oxygen atoms in total. The molecule has 8 heteroatoms. The molecule has 1 saturated heterocycles. The van der Waals surface area contributed by atoms with Crippen LogP contribution in [0.4, 0.5) is 5.88 Å². The van der Waals surface area contributed by atoms with E-state index in [-0.39, 0.29) is 9.92 Å². The minimum atomic E-state index is -3.88. The topological polar surface area (TPSA) is 66.7 Å². The largest absolute Gasteiger partial charge is 0.419 e. The molecule has 0 N–H and O–H groups in total. The summed E-state index contributed by atoms with van der Waals surface area (Å²) in [7, 11) is -3.88. The summed E-state index contributed by atoms with van der Waals surface area (Å²) in [5.41, 5.74) is 3.07. The minimum absolute atomic E-state index is 0.0344. The number of piperazine rings is 1. The van der Waals surface area contributed by atoms with Crippen LogP contribution in [-0.4, -0.2) is 44.5 Å². The predicted molar refractivity (Wildman–Crippen MR) is 140 cm³/mol. The first-order valence-corrected chi connectivity index (χ1v) is 13.8. The number of hydrogen-bond donors (Lipinski definition) is 0. The van der Waals surface area contributed by atoms with Crippen molar-refractivity contribution in [3.05, 3.63) is 94.5 Å². The van der Waals surface area contributed by atoms with Gasteiger partial charge in [0, 0.05) is 42.8 Å². The van der Waals surface area contributed by atoms with Crippen LogP contribution in [0.25, 0.3) is 11.5 Å². The van der Waals surface area contributed by atoms with Gasteiger partial charge in [-0.2, -0.15) is 4.98 Å². The van der Waals surface area contributed by atoms with Crippen molar-refractivity contribution in [2.45, 2.75) is 23.4 Å². The zero-order valence-corrected chi connectivity index (χ0v) is 21.8. The monoisotopic (exact) mass is 551 g/mol. The van der Waals surface area contributed by atoms with E-state index in [0.717, 1.165) is 35.2 Å². The Bertz CT molecular complexity index is 1410. The number of nitrogens with zero attached hydrogens (tertiary/aromatic N) is 3. The fourth-order valence-electron chi connectivity index (χ4n) is 4.25. The van der Waals surface area contributed by atoms with Gasteiger partial charge in [0.25, 0.3) is 0 Å². The van der Waals surface area contributed by atoms with Crippen molar-refractivity contribution in [1.29, 1.82) is 0 Å². The van der Waals surface area contributed by atoms with Gasteiger partial charge in [0.05, 0.1) is 4.90 Å². The average molecular weight is 552 g/mol. The maximum atomic E-state index is 13.7. The quantitative estimate of drug-likeness (QED) is 0.312. The van der Waals surface area contributed by atoms with Crippen LogP contribution in [0.1, 0.15) is 11.1 Å². The Labute approximate surface area is 214 Å². The van der Waals surface area contributed by atoms with Crippen molar-refractivity contribution in [2.75, 3.05) is 31.1 Å². The number of hydrogen-bond acceptors (Lipinski definition) is 6. The summed E-state index contributed by atoms with van der Waals surface area (Å²) in [5.74, 6) is 0.620. The van der Waals surface area contributed by atoms with Gasteiger partial charge in [0.15, 0.2) is 0 Å². The highest BCUT2D eigenvalue weighted by molar-refractivity contribution is 9.10. The molecule has 0 amide bonds. The molecule has 1 aliphatic heterocycles. The highest BCUT2D eigenvalue weighted by atomic mass is 79.9. The summed E-state index contributed by atoms with van der Waals surface area (Å²) >= 11 is 3.37. The van der Waals surface area contributed by atoms with Crippen LogP contribution in [-0.2, 0) is 16.4 Å². The molecule has 0 spiro atoms. The van der Waals surface area contributed by atoms with Crippen LogP contribution in [0, 0.1) is 6.92 Å². The van der Waals surface area contributed by atoms with E-state index in [2.05, 4.69) is 37.9 Å². The molecule has 180 valence electrons. The molecular formula is C27H26BrN3O3S. The first kappa shape index (κ1) is 23.8. The lowest BCUT2D eigenvalue weighted by atomic mass is 10.1. The zero-order chi connectivity index (χ0) is 24.4. The second-order valence-corrected chi connectivity index (χ2v) is 11.5. The first-order valence-electron chi connectivity index (χ1n) is 11.5. The third-order valence-corrected chi connectivity index (χ3v) is 8.33. The number of anilines is 1. The maximum absolute atomic E-state index is 13.7. The van der Waals surface area contributed by atoms with Crippen LogP contribution in [0.3, 0.4) is 0 Å². The summed E-state index contributed by atoms with van der Waals surface area (Å²) in [4.78, 5) is 9.09. The number of sulfone groups is 1. The molecule has 4 aromatic rings. The van der Waals surface area contributed by atoms with Crippen molar-refractivity contribution in [1.82, 2.24) is 9.88 Å². The van der Waals surface area contributed by atoms with E-state index < -0.39 is 9.84 Å². The second-order valence-electron chi connectivity index (χ2n) is 8.70. The molecule has 35 heavy (non-hydrogen) atoms. The van der Waals surface area contributed by atoms with Gasteiger partial charge >= 0.3 is 0 Å². The molecule has 1 fully saturated rings. The number of halogens is 1. The SMILES string of the molecule is Cc1cccc(-c2nc(S(=O)(=O)c3ccc(Br)cc3)c(N3CCN(Cc4ccccc4)CC3)o2)c1. The molecule has 0 radical (unpaired) electrons. The average Bonchev–Trinajstić information content (AvgIpc) is 3.32. The molecular weight excluding hydrogens is 526 g/mol. The number of aromatic nitrogens is 1. The Kier molecular flexibility index (Phi) is 6.77. The third kappa shape index (κ3) is 5.19. The van der Waals surface area contributed by atoms with E-state index in [1.54, 1.807) is 24.3 Å². The molecule has 1 aromatic heterocycles. The van der Waals surface area contributed by atoms with Gasteiger partial charge in [0.2, 0.25) is 26.6 Å². The summed E-state index contributed by atoms with van der Waals surface area (Å²) in [6.45, 7) is 5.75. The van der Waals surface area contributed by atoms with Crippen LogP contribution in [0.15, 0.2) is 97.7 Å². The smallest absolute Gasteiger partial charge is 0.236 e. The van der Waals surface area contributed by atoms with E-state index in [0.29, 0.717) is 24.9 Å². The fraction of sp³-hybridized carbons (Fsp3) is 0.222. The van der Waals surface area contributed by atoms with E-state index in [4.69, 9.17) is 4.42 Å². The lowest BCUT2D eigenvalue weighted by Gasteiger charge is -2.34. The Morgan fingerprint density at radius 1 is 0.914 bits per heavy atom. The molecule has 3 aromatic carbocycles. The molecule has 5 rings (SSSR count). The standard InChI is InChI=1S/C27H26BrN3O3S/c1-20-6-5-9-22(18-20)25-29-26(35(32,33)24-12-10-23(28)11-13-24)27(34-25)31-16-14-30(15-17-31)19-21-7-3-2-4-8-21/h2-13,18H,14-17,19H2,1H3. The van der Waals surface area contributed by atoms with Gasteiger partial charge in [-0.25, -0.2) is 8.42 Å². The normalized spacial score (nSPS) is 14.9. The van der Waals surface area contributed by atoms with Gasteiger partial charge in [-0.15, -0.1) is 0 Å². The number of benzene rings is 3. The fourth-order valence-corrected chi connectivity index (χ4v) is 5.84. The van der Waals surface area contributed by atoms with Gasteiger partial charge in [-0.1, -0.05) is 64.0 Å². The summed E-state index contributed by atoms with van der Waals surface area (Å²) in [6, 6.07) is 24.7. The Morgan fingerprint density at radius 2 is 1.63 bits per heavy atom. The van der Waals surface area contributed by atoms with Crippen LogP contribution < -0.4 is 4.90 Å². The number of aryl methyl sites for hydroxylation is 1. The van der Waals surface area contributed by atoms with Crippen molar-refractivity contribution < 1.29 is 12.8 Å². The highest BCUT2D eigenvalue weighted by Crippen LogP contribution is 2.35. The maximum Gasteiger partial charge on any atom is 0.236 e. The van der Waals surface area contributed by atoms with Crippen LogP contribution in [0.5, 0.6) is 0 Å². The van der Waals surface area contributed by atoms with E-state index in [1.165, 1.54) is 5.56 Å². The lowest BCUT2D eigenvalue weighted by molar-refractivity contribution is 0.245. The minimum Gasteiger partial charge on any atom is -0.419 e. The number of rotatable bonds is 6. The molecule has 0 atom stereocenters. The van der Waals surface area contributed by atoms with Crippen molar-refractivity contribution in [2.24, 2.45) is 0 Å². The van der Waals surface area contributed by atoms with Crippen molar-refractivity contribution >= 4 is 31.7 Å². The van der Waals surface area contributed by atoms with Gasteiger partial charge in [0.1, 0.15) is 0 Å². The van der Waals surface area contributed by atoms with Gasteiger partial charge in [-0.3, -0.25) is 4.90 Å². The molecule has 0 unspecified atom stereocenters. The van der Waals surface area contributed by atoms with Crippen LogP contribution >= 0.6 is 15.9 Å². The number of oxazole rings is 1. The Hall–Kier alpha value is -2.94. The summed E-state index contributed by atoms with van der Waals surface area (Å²) in [5, 5.41) is -0.0344. The van der Waals surface area contributed by atoms with Gasteiger partial charge in [-0.05, 0) is 48.9 Å². The predicted octanol–water partition coefficient (Wildman–Crippen LogP) is 5.57. The molecule has 0 saturated carbocycles. The van der Waals surface area contributed by atoms with E-state index in [1.807, 2.05) is 54.3 Å². The van der Waals surface area contributed by atoms with Crippen molar-refractivity contribution in [3.8, 4) is 11.5 Å². The summed E-state index contributed by atoms with van der Waals surface area (Å²) < 4.78 is 34.3. The van der Waals surface area contributed by atoms with E-state index in [9.17, 15) is 8.42 Å². The first-order chi connectivity index (χ1) is 16.9. The van der Waals surface area contributed by atoms with Crippen LogP contribution in [0.2, 0.25) is 0 Å². The third-order valence-electron chi connectivity index (χ3n) is 6.13. The summed E-state index contributed by atoms with van der Waals surface area (Å²) in [6.07, 6.45) is 0. The second kappa shape index (κ2) is 9.97. The van der Waals surface area contributed by atoms with Gasteiger partial charge < -0.3 is 9.32 Å². The molecule has 0 aliphatic carbocycles. The van der Waals surface area contributed by atoms with Crippen molar-refractivity contribution in [3.63, 3.8) is 0 Å².